The van der Waals surface area contributed by atoms with Gasteiger partial charge in [0.05, 0.1) is 0 Å². The highest BCUT2D eigenvalue weighted by Crippen LogP contribution is 2.16. The third-order valence-electron chi connectivity index (χ3n) is 3.38. The topological polar surface area (TPSA) is 41.1 Å². The van der Waals surface area contributed by atoms with E-state index in [9.17, 15) is 4.79 Å². The normalized spacial score (nSPS) is 18.4. The summed E-state index contributed by atoms with van der Waals surface area (Å²) in [6.07, 6.45) is 2.91. The molecule has 0 aromatic heterocycles. The molecule has 1 aromatic rings. The van der Waals surface area contributed by atoms with Gasteiger partial charge in [-0.1, -0.05) is 18.2 Å². The molecule has 2 N–H and O–H groups in total. The Morgan fingerprint density at radius 3 is 2.95 bits per heavy atom. The van der Waals surface area contributed by atoms with Crippen LogP contribution in [0.1, 0.15) is 19.3 Å². The van der Waals surface area contributed by atoms with Crippen molar-refractivity contribution in [1.29, 1.82) is 0 Å². The molecule has 4 heteroatoms. The Morgan fingerprint density at radius 2 is 2.21 bits per heavy atom. The van der Waals surface area contributed by atoms with Crippen LogP contribution in [0, 0.1) is 5.92 Å². The highest BCUT2D eigenvalue weighted by atomic mass is 32.2. The van der Waals surface area contributed by atoms with Crippen molar-refractivity contribution < 1.29 is 4.79 Å². The van der Waals surface area contributed by atoms with Crippen LogP contribution < -0.4 is 10.6 Å². The van der Waals surface area contributed by atoms with E-state index in [1.807, 2.05) is 18.2 Å². The van der Waals surface area contributed by atoms with E-state index in [2.05, 4.69) is 22.8 Å². The quantitative estimate of drug-likeness (QED) is 0.594. The lowest BCUT2D eigenvalue weighted by Crippen LogP contribution is -2.26. The smallest absolute Gasteiger partial charge is 0.220 e. The third-order valence-corrected chi connectivity index (χ3v) is 4.39. The van der Waals surface area contributed by atoms with Crippen LogP contribution in [0.4, 0.5) is 0 Å². The molecule has 1 heterocycles. The summed E-state index contributed by atoms with van der Waals surface area (Å²) in [7, 11) is 0. The fourth-order valence-corrected chi connectivity index (χ4v) is 3.05. The lowest BCUT2D eigenvalue weighted by Gasteiger charge is -2.08. The van der Waals surface area contributed by atoms with Gasteiger partial charge in [0.25, 0.3) is 0 Å². The van der Waals surface area contributed by atoms with Crippen molar-refractivity contribution in [2.75, 3.05) is 25.4 Å². The molecule has 0 radical (unpaired) electrons. The van der Waals surface area contributed by atoms with E-state index in [1.54, 1.807) is 11.8 Å². The minimum atomic E-state index is 0.195. The summed E-state index contributed by atoms with van der Waals surface area (Å²) in [6, 6.07) is 10.3. The van der Waals surface area contributed by atoms with Crippen molar-refractivity contribution >= 4 is 17.7 Å². The minimum absolute atomic E-state index is 0.195. The number of benzene rings is 1. The average Bonchev–Trinajstić information content (AvgIpc) is 2.96. The first kappa shape index (κ1) is 14.4. The lowest BCUT2D eigenvalue weighted by molar-refractivity contribution is -0.121. The highest BCUT2D eigenvalue weighted by Gasteiger charge is 2.15. The van der Waals surface area contributed by atoms with Crippen molar-refractivity contribution in [3.63, 3.8) is 0 Å². The van der Waals surface area contributed by atoms with Crippen molar-refractivity contribution in [1.82, 2.24) is 10.6 Å². The summed E-state index contributed by atoms with van der Waals surface area (Å²) in [5.41, 5.74) is 0. The third kappa shape index (κ3) is 5.66. The van der Waals surface area contributed by atoms with Gasteiger partial charge in [0.15, 0.2) is 0 Å². The van der Waals surface area contributed by atoms with E-state index >= 15 is 0 Å². The second kappa shape index (κ2) is 8.23. The summed E-state index contributed by atoms with van der Waals surface area (Å²) in [5.74, 6) is 1.82. The first-order chi connectivity index (χ1) is 9.34. The maximum Gasteiger partial charge on any atom is 0.220 e. The number of amides is 1. The lowest BCUT2D eigenvalue weighted by atomic mass is 10.0. The molecule has 0 bridgehead atoms. The number of thioether (sulfide) groups is 1. The van der Waals surface area contributed by atoms with Gasteiger partial charge in [-0.2, -0.15) is 0 Å². The predicted octanol–water partition coefficient (Wildman–Crippen LogP) is 2.28. The second-order valence-electron chi connectivity index (χ2n) is 4.91. The Morgan fingerprint density at radius 1 is 1.37 bits per heavy atom. The molecule has 2 rings (SSSR count). The van der Waals surface area contributed by atoms with Crippen LogP contribution in [0.2, 0.25) is 0 Å². The van der Waals surface area contributed by atoms with E-state index in [-0.39, 0.29) is 5.91 Å². The molecule has 0 aliphatic carbocycles. The molecule has 0 spiro atoms. The van der Waals surface area contributed by atoms with Gasteiger partial charge in [-0.15, -0.1) is 11.8 Å². The van der Waals surface area contributed by atoms with E-state index in [0.29, 0.717) is 12.3 Å². The van der Waals surface area contributed by atoms with E-state index in [4.69, 9.17) is 0 Å². The van der Waals surface area contributed by atoms with Crippen molar-refractivity contribution in [2.24, 2.45) is 5.92 Å². The number of rotatable bonds is 7. The van der Waals surface area contributed by atoms with Gasteiger partial charge in [0, 0.05) is 23.6 Å². The van der Waals surface area contributed by atoms with Crippen LogP contribution in [-0.4, -0.2) is 31.3 Å². The standard InChI is InChI=1S/C15H22N2OS/c18-15(7-6-13-8-9-16-12-13)17-10-11-19-14-4-2-1-3-5-14/h1-5,13,16H,6-12H2,(H,17,18). The molecule has 1 aromatic carbocycles. The highest BCUT2D eigenvalue weighted by molar-refractivity contribution is 7.99. The Balaban J connectivity index is 1.51. The Bertz CT molecular complexity index is 377. The zero-order chi connectivity index (χ0) is 13.3. The summed E-state index contributed by atoms with van der Waals surface area (Å²) < 4.78 is 0. The SMILES string of the molecule is O=C(CCC1CCNC1)NCCSc1ccccc1. The van der Waals surface area contributed by atoms with E-state index in [0.717, 1.165) is 31.8 Å². The molecule has 1 aliphatic heterocycles. The fraction of sp³-hybridized carbons (Fsp3) is 0.533. The van der Waals surface area contributed by atoms with Gasteiger partial charge < -0.3 is 10.6 Å². The number of hydrogen-bond acceptors (Lipinski definition) is 3. The number of carbonyl (C=O) groups excluding carboxylic acids is 1. The van der Waals surface area contributed by atoms with E-state index < -0.39 is 0 Å². The summed E-state index contributed by atoms with van der Waals surface area (Å²) >= 11 is 1.78. The molecular weight excluding hydrogens is 256 g/mol. The van der Waals surface area contributed by atoms with Gasteiger partial charge in [-0.25, -0.2) is 0 Å². The molecule has 19 heavy (non-hydrogen) atoms. The molecular formula is C15H22N2OS. The van der Waals surface area contributed by atoms with Gasteiger partial charge >= 0.3 is 0 Å². The van der Waals surface area contributed by atoms with Crippen LogP contribution in [0.3, 0.4) is 0 Å². The molecule has 104 valence electrons. The average molecular weight is 278 g/mol. The summed E-state index contributed by atoms with van der Waals surface area (Å²) in [4.78, 5) is 12.9. The molecule has 1 saturated heterocycles. The zero-order valence-electron chi connectivity index (χ0n) is 11.2. The monoisotopic (exact) mass is 278 g/mol. The van der Waals surface area contributed by atoms with Gasteiger partial charge in [-0.3, -0.25) is 4.79 Å². The van der Waals surface area contributed by atoms with Crippen LogP contribution in [-0.2, 0) is 4.79 Å². The van der Waals surface area contributed by atoms with Crippen molar-refractivity contribution in [3.8, 4) is 0 Å². The Labute approximate surface area is 119 Å². The van der Waals surface area contributed by atoms with Gasteiger partial charge in [0.2, 0.25) is 5.91 Å². The largest absolute Gasteiger partial charge is 0.355 e. The van der Waals surface area contributed by atoms with Crippen molar-refractivity contribution in [3.05, 3.63) is 30.3 Å². The van der Waals surface area contributed by atoms with Crippen LogP contribution in [0.5, 0.6) is 0 Å². The first-order valence-corrected chi connectivity index (χ1v) is 7.98. The minimum Gasteiger partial charge on any atom is -0.355 e. The maximum absolute atomic E-state index is 11.7. The molecule has 0 saturated carbocycles. The first-order valence-electron chi connectivity index (χ1n) is 7.00. The van der Waals surface area contributed by atoms with Gasteiger partial charge in [0.1, 0.15) is 0 Å². The van der Waals surface area contributed by atoms with Crippen molar-refractivity contribution in [2.45, 2.75) is 24.2 Å². The molecule has 1 atom stereocenters. The molecule has 1 amide bonds. The molecule has 1 fully saturated rings. The summed E-state index contributed by atoms with van der Waals surface area (Å²) in [6.45, 7) is 2.94. The molecule has 1 aliphatic rings. The fourth-order valence-electron chi connectivity index (χ4n) is 2.26. The molecule has 1 unspecified atom stereocenters. The van der Waals surface area contributed by atoms with Crippen LogP contribution >= 0.6 is 11.8 Å². The van der Waals surface area contributed by atoms with Crippen LogP contribution in [0.15, 0.2) is 35.2 Å². The van der Waals surface area contributed by atoms with E-state index in [1.165, 1.54) is 11.3 Å². The second-order valence-corrected chi connectivity index (χ2v) is 6.08. The zero-order valence-corrected chi connectivity index (χ0v) is 12.0. The predicted molar refractivity (Wildman–Crippen MR) is 80.4 cm³/mol. The maximum atomic E-state index is 11.7. The van der Waals surface area contributed by atoms with Crippen LogP contribution in [0.25, 0.3) is 0 Å². The summed E-state index contributed by atoms with van der Waals surface area (Å²) in [5, 5.41) is 6.33. The number of nitrogens with one attached hydrogen (secondary N) is 2. The molecule has 3 nitrogen and oxygen atoms in total. The number of carbonyl (C=O) groups is 1. The van der Waals surface area contributed by atoms with Gasteiger partial charge in [-0.05, 0) is 44.0 Å². The Kier molecular flexibility index (Phi) is 6.24. The number of hydrogen-bond donors (Lipinski definition) is 2. The Hall–Kier alpha value is -1.00.